The molecule has 88 valence electrons. The second-order valence-corrected chi connectivity index (χ2v) is 4.89. The number of hydrogen-bond donors (Lipinski definition) is 0. The van der Waals surface area contributed by atoms with Crippen LogP contribution in [0.5, 0.6) is 0 Å². The molecule has 16 heavy (non-hydrogen) atoms. The number of piperidine rings is 1. The van der Waals surface area contributed by atoms with E-state index in [1.165, 1.54) is 32.4 Å². The Labute approximate surface area is 102 Å². The number of halogens is 1. The van der Waals surface area contributed by atoms with Crippen LogP contribution in [0.3, 0.4) is 0 Å². The summed E-state index contributed by atoms with van der Waals surface area (Å²) >= 11 is 5.71. The van der Waals surface area contributed by atoms with Gasteiger partial charge in [0.05, 0.1) is 5.69 Å². The van der Waals surface area contributed by atoms with Crippen molar-refractivity contribution in [2.75, 3.05) is 13.1 Å². The molecule has 0 saturated carbocycles. The van der Waals surface area contributed by atoms with E-state index in [9.17, 15) is 0 Å². The fourth-order valence-corrected chi connectivity index (χ4v) is 2.39. The lowest BCUT2D eigenvalue weighted by Gasteiger charge is -2.31. The summed E-state index contributed by atoms with van der Waals surface area (Å²) < 4.78 is 0. The molecule has 0 amide bonds. The van der Waals surface area contributed by atoms with E-state index in [0.717, 1.165) is 18.2 Å². The largest absolute Gasteiger partial charge is 0.297 e. The zero-order valence-electron chi connectivity index (χ0n) is 9.69. The first-order chi connectivity index (χ1) is 7.78. The summed E-state index contributed by atoms with van der Waals surface area (Å²) in [5.41, 5.74) is 1.01. The quantitative estimate of drug-likeness (QED) is 0.812. The van der Waals surface area contributed by atoms with Gasteiger partial charge in [0, 0.05) is 13.1 Å². The predicted molar refractivity (Wildman–Crippen MR) is 65.3 cm³/mol. The van der Waals surface area contributed by atoms with Gasteiger partial charge in [-0.3, -0.25) is 4.90 Å². The van der Waals surface area contributed by atoms with Gasteiger partial charge >= 0.3 is 0 Å². The second kappa shape index (κ2) is 5.60. The minimum Gasteiger partial charge on any atom is -0.297 e. The maximum atomic E-state index is 5.71. The smallest absolute Gasteiger partial charge is 0.151 e. The lowest BCUT2D eigenvalue weighted by molar-refractivity contribution is 0.162. The summed E-state index contributed by atoms with van der Waals surface area (Å²) in [4.78, 5) is 2.47. The Kier molecular flexibility index (Phi) is 4.13. The van der Waals surface area contributed by atoms with E-state index in [4.69, 9.17) is 11.6 Å². The highest BCUT2D eigenvalue weighted by atomic mass is 35.5. The topological polar surface area (TPSA) is 29.0 Å². The second-order valence-electron chi connectivity index (χ2n) is 4.50. The maximum Gasteiger partial charge on any atom is 0.151 e. The molecular formula is C12H18ClN3. The molecule has 2 heterocycles. The highest BCUT2D eigenvalue weighted by Crippen LogP contribution is 2.20. The summed E-state index contributed by atoms with van der Waals surface area (Å²) in [5, 5.41) is 8.44. The molecule has 0 aromatic carbocycles. The molecule has 3 nitrogen and oxygen atoms in total. The monoisotopic (exact) mass is 239 g/mol. The molecular weight excluding hydrogens is 222 g/mol. The van der Waals surface area contributed by atoms with Crippen molar-refractivity contribution in [1.29, 1.82) is 0 Å². The summed E-state index contributed by atoms with van der Waals surface area (Å²) in [5.74, 6) is 0.856. The van der Waals surface area contributed by atoms with E-state index in [-0.39, 0.29) is 0 Å². The lowest BCUT2D eigenvalue weighted by atomic mass is 9.95. The van der Waals surface area contributed by atoms with E-state index in [2.05, 4.69) is 22.0 Å². The third kappa shape index (κ3) is 3.16. The van der Waals surface area contributed by atoms with E-state index >= 15 is 0 Å². The Morgan fingerprint density at radius 3 is 3.00 bits per heavy atom. The Morgan fingerprint density at radius 2 is 2.31 bits per heavy atom. The third-order valence-corrected chi connectivity index (χ3v) is 3.45. The van der Waals surface area contributed by atoms with Crippen molar-refractivity contribution in [2.24, 2.45) is 5.92 Å². The number of rotatable bonds is 3. The van der Waals surface area contributed by atoms with Crippen LogP contribution in [0.25, 0.3) is 0 Å². The molecule has 1 aliphatic rings. The Balaban J connectivity index is 1.91. The molecule has 1 aliphatic heterocycles. The van der Waals surface area contributed by atoms with Crippen LogP contribution in [0.4, 0.5) is 0 Å². The summed E-state index contributed by atoms with van der Waals surface area (Å²) in [6, 6.07) is 3.77. The molecule has 1 fully saturated rings. The van der Waals surface area contributed by atoms with Gasteiger partial charge < -0.3 is 0 Å². The van der Waals surface area contributed by atoms with Crippen LogP contribution in [-0.4, -0.2) is 28.2 Å². The third-order valence-electron chi connectivity index (χ3n) is 3.25. The molecule has 0 spiro atoms. The molecule has 0 N–H and O–H groups in total. The first-order valence-electron chi connectivity index (χ1n) is 5.98. The minimum atomic E-state index is 0.467. The summed E-state index contributed by atoms with van der Waals surface area (Å²) in [6.45, 7) is 5.55. The van der Waals surface area contributed by atoms with Crippen molar-refractivity contribution in [3.63, 3.8) is 0 Å². The molecule has 1 atom stereocenters. The molecule has 1 aromatic heterocycles. The molecule has 0 aliphatic carbocycles. The minimum absolute atomic E-state index is 0.467. The van der Waals surface area contributed by atoms with Gasteiger partial charge in [-0.25, -0.2) is 0 Å². The molecule has 0 bridgehead atoms. The van der Waals surface area contributed by atoms with Crippen molar-refractivity contribution in [3.05, 3.63) is 23.0 Å². The van der Waals surface area contributed by atoms with Gasteiger partial charge in [0.25, 0.3) is 0 Å². The molecule has 1 aromatic rings. The average molecular weight is 240 g/mol. The van der Waals surface area contributed by atoms with Crippen LogP contribution in [0, 0.1) is 5.92 Å². The van der Waals surface area contributed by atoms with Crippen molar-refractivity contribution in [2.45, 2.75) is 32.7 Å². The number of hydrogen-bond acceptors (Lipinski definition) is 3. The lowest BCUT2D eigenvalue weighted by Crippen LogP contribution is -2.34. The van der Waals surface area contributed by atoms with Gasteiger partial charge in [-0.05, 0) is 37.4 Å². The number of aromatic nitrogens is 2. The Bertz CT molecular complexity index is 326. The predicted octanol–water partition coefficient (Wildman–Crippen LogP) is 2.75. The van der Waals surface area contributed by atoms with Crippen LogP contribution in [0.15, 0.2) is 12.1 Å². The van der Waals surface area contributed by atoms with Crippen molar-refractivity contribution in [3.8, 4) is 0 Å². The van der Waals surface area contributed by atoms with E-state index in [1.807, 2.05) is 12.1 Å². The Morgan fingerprint density at radius 1 is 1.44 bits per heavy atom. The first kappa shape index (κ1) is 11.8. The fraction of sp³-hybridized carbons (Fsp3) is 0.667. The summed E-state index contributed by atoms with van der Waals surface area (Å²) in [6.07, 6.45) is 3.96. The SMILES string of the molecule is CCC1CCCN(Cc2ccc(Cl)nn2)C1. The normalized spacial score (nSPS) is 22.2. The van der Waals surface area contributed by atoms with E-state index in [1.54, 1.807) is 0 Å². The molecule has 2 rings (SSSR count). The fourth-order valence-electron chi connectivity index (χ4n) is 2.29. The van der Waals surface area contributed by atoms with Crippen molar-refractivity contribution < 1.29 is 0 Å². The maximum absolute atomic E-state index is 5.71. The van der Waals surface area contributed by atoms with Crippen molar-refractivity contribution in [1.82, 2.24) is 15.1 Å². The highest BCUT2D eigenvalue weighted by Gasteiger charge is 2.18. The first-order valence-corrected chi connectivity index (χ1v) is 6.36. The van der Waals surface area contributed by atoms with Gasteiger partial charge in [0.1, 0.15) is 0 Å². The van der Waals surface area contributed by atoms with Gasteiger partial charge in [0.2, 0.25) is 0 Å². The van der Waals surface area contributed by atoms with Crippen LogP contribution in [-0.2, 0) is 6.54 Å². The average Bonchev–Trinajstić information content (AvgIpc) is 2.32. The van der Waals surface area contributed by atoms with Gasteiger partial charge in [-0.15, -0.1) is 5.10 Å². The van der Waals surface area contributed by atoms with Crippen LogP contribution in [0.1, 0.15) is 31.9 Å². The highest BCUT2D eigenvalue weighted by molar-refractivity contribution is 6.29. The van der Waals surface area contributed by atoms with E-state index in [0.29, 0.717) is 5.15 Å². The molecule has 0 radical (unpaired) electrons. The van der Waals surface area contributed by atoms with Crippen molar-refractivity contribution >= 4 is 11.6 Å². The molecule has 1 saturated heterocycles. The zero-order valence-corrected chi connectivity index (χ0v) is 10.5. The zero-order chi connectivity index (χ0) is 11.4. The van der Waals surface area contributed by atoms with Gasteiger partial charge in [0.15, 0.2) is 5.15 Å². The van der Waals surface area contributed by atoms with Crippen LogP contribution < -0.4 is 0 Å². The van der Waals surface area contributed by atoms with E-state index < -0.39 is 0 Å². The summed E-state index contributed by atoms with van der Waals surface area (Å²) in [7, 11) is 0. The number of likely N-dealkylation sites (tertiary alicyclic amines) is 1. The van der Waals surface area contributed by atoms with Crippen LogP contribution in [0.2, 0.25) is 5.15 Å². The molecule has 1 unspecified atom stereocenters. The number of nitrogens with zero attached hydrogens (tertiary/aromatic N) is 3. The molecule has 4 heteroatoms. The Hall–Kier alpha value is -0.670. The van der Waals surface area contributed by atoms with Gasteiger partial charge in [-0.2, -0.15) is 5.10 Å². The van der Waals surface area contributed by atoms with Gasteiger partial charge in [-0.1, -0.05) is 24.9 Å². The van der Waals surface area contributed by atoms with Crippen LogP contribution >= 0.6 is 11.6 Å². The standard InChI is InChI=1S/C12H18ClN3/c1-2-10-4-3-7-16(8-10)9-11-5-6-12(13)15-14-11/h5-6,10H,2-4,7-9H2,1H3.